The van der Waals surface area contributed by atoms with Gasteiger partial charge in [0.15, 0.2) is 5.82 Å². The minimum absolute atomic E-state index is 0.569. The molecule has 2 heterocycles. The number of likely N-dealkylation sites (N-methyl/N-ethyl adjacent to an activating group) is 1. The number of hydrogen-bond donors (Lipinski definition) is 1. The number of nitrogens with zero attached hydrogens (tertiary/aromatic N) is 3. The first-order chi connectivity index (χ1) is 9.20. The van der Waals surface area contributed by atoms with E-state index in [1.165, 1.54) is 5.56 Å². The van der Waals surface area contributed by atoms with E-state index in [-0.39, 0.29) is 0 Å². The second-order valence-corrected chi connectivity index (χ2v) is 4.29. The zero-order valence-corrected chi connectivity index (χ0v) is 11.2. The van der Waals surface area contributed by atoms with Gasteiger partial charge in [-0.05, 0) is 30.2 Å². The van der Waals surface area contributed by atoms with E-state index >= 15 is 0 Å². The molecular formula is C14H18N4O. The lowest BCUT2D eigenvalue weighted by molar-refractivity contribution is 0.398. The molecule has 2 aromatic heterocycles. The second-order valence-electron chi connectivity index (χ2n) is 4.29. The van der Waals surface area contributed by atoms with E-state index < -0.39 is 0 Å². The van der Waals surface area contributed by atoms with Crippen molar-refractivity contribution in [2.75, 3.05) is 31.3 Å². The van der Waals surface area contributed by atoms with Crippen molar-refractivity contribution < 1.29 is 4.74 Å². The van der Waals surface area contributed by atoms with Crippen molar-refractivity contribution in [3.8, 4) is 5.88 Å². The highest BCUT2D eigenvalue weighted by molar-refractivity contribution is 5.63. The van der Waals surface area contributed by atoms with Crippen LogP contribution in [0.5, 0.6) is 5.88 Å². The summed E-state index contributed by atoms with van der Waals surface area (Å²) < 4.78 is 5.12. The first kappa shape index (κ1) is 13.1. The van der Waals surface area contributed by atoms with Crippen molar-refractivity contribution in [2.24, 2.45) is 0 Å². The van der Waals surface area contributed by atoms with Gasteiger partial charge in [0.2, 0.25) is 5.88 Å². The number of hydrogen-bond acceptors (Lipinski definition) is 5. The van der Waals surface area contributed by atoms with Crippen LogP contribution in [0.15, 0.2) is 36.7 Å². The third kappa shape index (κ3) is 3.34. The van der Waals surface area contributed by atoms with Crippen molar-refractivity contribution in [3.05, 3.63) is 42.2 Å². The molecule has 0 spiro atoms. The maximum Gasteiger partial charge on any atom is 0.215 e. The summed E-state index contributed by atoms with van der Waals surface area (Å²) >= 11 is 0. The van der Waals surface area contributed by atoms with E-state index in [4.69, 9.17) is 10.5 Å². The maximum atomic E-state index is 5.94. The predicted octanol–water partition coefficient (Wildman–Crippen LogP) is 1.75. The van der Waals surface area contributed by atoms with Crippen LogP contribution in [-0.2, 0) is 6.42 Å². The lowest BCUT2D eigenvalue weighted by atomic mass is 10.2. The summed E-state index contributed by atoms with van der Waals surface area (Å²) in [5, 5.41) is 0. The van der Waals surface area contributed by atoms with Crippen LogP contribution in [0.1, 0.15) is 5.56 Å². The Kier molecular flexibility index (Phi) is 4.18. The summed E-state index contributed by atoms with van der Waals surface area (Å²) in [5.41, 5.74) is 7.83. The Morgan fingerprint density at radius 2 is 1.95 bits per heavy atom. The highest BCUT2D eigenvalue weighted by Gasteiger charge is 2.08. The minimum Gasteiger partial charge on any atom is -0.481 e. The number of aromatic nitrogens is 2. The Balaban J connectivity index is 2.05. The fourth-order valence-electron chi connectivity index (χ4n) is 1.81. The molecule has 0 saturated carbocycles. The lowest BCUT2D eigenvalue weighted by Crippen LogP contribution is -2.22. The van der Waals surface area contributed by atoms with Crippen molar-refractivity contribution >= 4 is 11.5 Å². The molecule has 0 fully saturated rings. The van der Waals surface area contributed by atoms with Gasteiger partial charge in [0.25, 0.3) is 0 Å². The third-order valence-corrected chi connectivity index (χ3v) is 2.94. The first-order valence-electron chi connectivity index (χ1n) is 6.11. The molecule has 2 rings (SSSR count). The Morgan fingerprint density at radius 1 is 1.21 bits per heavy atom. The number of pyridine rings is 2. The van der Waals surface area contributed by atoms with Crippen LogP contribution in [0.3, 0.4) is 0 Å². The van der Waals surface area contributed by atoms with Gasteiger partial charge >= 0.3 is 0 Å². The van der Waals surface area contributed by atoms with Crippen LogP contribution in [-0.4, -0.2) is 30.7 Å². The number of rotatable bonds is 5. The zero-order chi connectivity index (χ0) is 13.7. The second kappa shape index (κ2) is 6.04. The van der Waals surface area contributed by atoms with Crippen LogP contribution in [0.2, 0.25) is 0 Å². The Bertz CT molecular complexity index is 530. The van der Waals surface area contributed by atoms with Gasteiger partial charge in [0, 0.05) is 32.1 Å². The molecule has 2 aromatic rings. The molecule has 0 radical (unpaired) electrons. The van der Waals surface area contributed by atoms with Crippen molar-refractivity contribution in [3.63, 3.8) is 0 Å². The summed E-state index contributed by atoms with van der Waals surface area (Å²) in [6.07, 6.45) is 4.51. The summed E-state index contributed by atoms with van der Waals surface area (Å²) in [6.45, 7) is 0.828. The molecule has 100 valence electrons. The normalized spacial score (nSPS) is 10.2. The van der Waals surface area contributed by atoms with Crippen molar-refractivity contribution in [1.29, 1.82) is 0 Å². The van der Waals surface area contributed by atoms with Crippen LogP contribution in [0, 0.1) is 0 Å². The molecule has 2 N–H and O–H groups in total. The molecule has 0 saturated heterocycles. The monoisotopic (exact) mass is 258 g/mol. The van der Waals surface area contributed by atoms with E-state index in [2.05, 4.69) is 9.97 Å². The van der Waals surface area contributed by atoms with Gasteiger partial charge in [-0.15, -0.1) is 0 Å². The standard InChI is InChI=1S/C14H18N4O/c1-18(10-7-11-5-8-16-9-6-11)14-12(15)3-4-13(17-14)19-2/h3-6,8-9H,7,10,15H2,1-2H3. The summed E-state index contributed by atoms with van der Waals surface area (Å²) in [5.74, 6) is 1.31. The Hall–Kier alpha value is -2.30. The molecule has 5 nitrogen and oxygen atoms in total. The van der Waals surface area contributed by atoms with E-state index in [0.29, 0.717) is 11.6 Å². The molecule has 0 atom stereocenters. The molecule has 0 unspecified atom stereocenters. The third-order valence-electron chi connectivity index (χ3n) is 2.94. The summed E-state index contributed by atoms with van der Waals surface area (Å²) in [7, 11) is 3.57. The molecular weight excluding hydrogens is 240 g/mol. The molecule has 0 aliphatic carbocycles. The fraction of sp³-hybridized carbons (Fsp3) is 0.286. The van der Waals surface area contributed by atoms with Crippen molar-refractivity contribution in [1.82, 2.24) is 9.97 Å². The number of anilines is 2. The van der Waals surface area contributed by atoms with Gasteiger partial charge in [0.1, 0.15) is 0 Å². The van der Waals surface area contributed by atoms with E-state index in [9.17, 15) is 0 Å². The topological polar surface area (TPSA) is 64.3 Å². The van der Waals surface area contributed by atoms with Gasteiger partial charge in [-0.25, -0.2) is 0 Å². The quantitative estimate of drug-likeness (QED) is 0.885. The van der Waals surface area contributed by atoms with Gasteiger partial charge in [-0.3, -0.25) is 4.98 Å². The van der Waals surface area contributed by atoms with Gasteiger partial charge in [0.05, 0.1) is 12.8 Å². The first-order valence-corrected chi connectivity index (χ1v) is 6.11. The molecule has 0 amide bonds. The van der Waals surface area contributed by atoms with Gasteiger partial charge < -0.3 is 15.4 Å². The van der Waals surface area contributed by atoms with E-state index in [0.717, 1.165) is 18.8 Å². The van der Waals surface area contributed by atoms with E-state index in [1.54, 1.807) is 25.6 Å². The highest BCUT2D eigenvalue weighted by atomic mass is 16.5. The molecule has 0 bridgehead atoms. The SMILES string of the molecule is COc1ccc(N)c(N(C)CCc2ccncc2)n1. The van der Waals surface area contributed by atoms with Crippen LogP contribution < -0.4 is 15.4 Å². The fourth-order valence-corrected chi connectivity index (χ4v) is 1.81. The average molecular weight is 258 g/mol. The molecule has 0 aliphatic rings. The molecule has 0 aromatic carbocycles. The number of nitrogens with two attached hydrogens (primary N) is 1. The van der Waals surface area contributed by atoms with Gasteiger partial charge in [-0.2, -0.15) is 4.98 Å². The summed E-state index contributed by atoms with van der Waals surface area (Å²) in [6, 6.07) is 7.59. The number of methoxy groups -OCH3 is 1. The smallest absolute Gasteiger partial charge is 0.215 e. The summed E-state index contributed by atoms with van der Waals surface area (Å²) in [4.78, 5) is 10.4. The van der Waals surface area contributed by atoms with Crippen molar-refractivity contribution in [2.45, 2.75) is 6.42 Å². The Morgan fingerprint density at radius 3 is 2.63 bits per heavy atom. The Labute approximate surface area is 113 Å². The van der Waals surface area contributed by atoms with E-state index in [1.807, 2.05) is 30.1 Å². The minimum atomic E-state index is 0.569. The number of ether oxygens (including phenoxy) is 1. The van der Waals surface area contributed by atoms with Crippen LogP contribution in [0.25, 0.3) is 0 Å². The van der Waals surface area contributed by atoms with Crippen LogP contribution >= 0.6 is 0 Å². The predicted molar refractivity (Wildman–Crippen MR) is 76.4 cm³/mol. The highest BCUT2D eigenvalue weighted by Crippen LogP contribution is 2.22. The largest absolute Gasteiger partial charge is 0.481 e. The molecule has 19 heavy (non-hydrogen) atoms. The van der Waals surface area contributed by atoms with Gasteiger partial charge in [-0.1, -0.05) is 0 Å². The zero-order valence-electron chi connectivity index (χ0n) is 11.2. The van der Waals surface area contributed by atoms with Crippen LogP contribution in [0.4, 0.5) is 11.5 Å². The average Bonchev–Trinajstić information content (AvgIpc) is 2.46. The molecule has 0 aliphatic heterocycles. The molecule has 5 heteroatoms. The lowest BCUT2D eigenvalue weighted by Gasteiger charge is -2.20. The number of nitrogen functional groups attached to an aromatic ring is 1. The maximum absolute atomic E-state index is 5.94.